The molecule has 2 aromatic rings. The number of hydrogen-bond donors (Lipinski definition) is 1. The van der Waals surface area contributed by atoms with Crippen molar-refractivity contribution in [3.05, 3.63) is 45.5 Å². The zero-order valence-corrected chi connectivity index (χ0v) is 12.7. The zero-order valence-electron chi connectivity index (χ0n) is 10.4. The normalized spacial score (nSPS) is 10.2. The van der Waals surface area contributed by atoms with Gasteiger partial charge in [-0.05, 0) is 18.2 Å². The summed E-state index contributed by atoms with van der Waals surface area (Å²) in [4.78, 5) is 15.5. The summed E-state index contributed by atoms with van der Waals surface area (Å²) < 4.78 is 11.0. The molecule has 2 rings (SSSR count). The fraction of sp³-hybridized carbons (Fsp3) is 0.0769. The van der Waals surface area contributed by atoms with Crippen molar-refractivity contribution >= 4 is 39.2 Å². The average molecular weight is 358 g/mol. The van der Waals surface area contributed by atoms with E-state index in [4.69, 9.17) is 22.1 Å². The first kappa shape index (κ1) is 14.6. The standard InChI is InChI=1S/C13H10BrClN2O3/c1-19-13(18)8-5-12(17-6-10(8)16)20-11-4-7(14)2-3-9(11)15/h2-6H,16H2,1H3. The molecule has 0 saturated heterocycles. The second-order valence-corrected chi connectivity index (χ2v) is 5.10. The predicted octanol–water partition coefficient (Wildman–Crippen LogP) is 3.66. The first-order valence-electron chi connectivity index (χ1n) is 5.48. The summed E-state index contributed by atoms with van der Waals surface area (Å²) in [6.45, 7) is 0. The van der Waals surface area contributed by atoms with Gasteiger partial charge in [0.1, 0.15) is 5.75 Å². The van der Waals surface area contributed by atoms with Crippen molar-refractivity contribution in [2.24, 2.45) is 0 Å². The van der Waals surface area contributed by atoms with E-state index in [1.807, 2.05) is 0 Å². The number of hydrogen-bond acceptors (Lipinski definition) is 5. The van der Waals surface area contributed by atoms with Gasteiger partial charge in [-0.3, -0.25) is 0 Å². The van der Waals surface area contributed by atoms with E-state index in [0.717, 1.165) is 4.47 Å². The van der Waals surface area contributed by atoms with Gasteiger partial charge in [0, 0.05) is 10.5 Å². The summed E-state index contributed by atoms with van der Waals surface area (Å²) in [5.41, 5.74) is 6.06. The Morgan fingerprint density at radius 2 is 2.15 bits per heavy atom. The molecule has 0 fully saturated rings. The molecule has 0 amide bonds. The van der Waals surface area contributed by atoms with Gasteiger partial charge in [-0.15, -0.1) is 0 Å². The van der Waals surface area contributed by atoms with Crippen molar-refractivity contribution in [3.63, 3.8) is 0 Å². The molecule has 5 nitrogen and oxygen atoms in total. The minimum atomic E-state index is -0.560. The number of nitrogens with zero attached hydrogens (tertiary/aromatic N) is 1. The Morgan fingerprint density at radius 1 is 1.40 bits per heavy atom. The van der Waals surface area contributed by atoms with Crippen molar-refractivity contribution in [2.75, 3.05) is 12.8 Å². The van der Waals surface area contributed by atoms with Gasteiger partial charge in [0.2, 0.25) is 5.88 Å². The Morgan fingerprint density at radius 3 is 2.85 bits per heavy atom. The van der Waals surface area contributed by atoms with Gasteiger partial charge in [-0.25, -0.2) is 9.78 Å². The van der Waals surface area contributed by atoms with Crippen LogP contribution in [0.1, 0.15) is 10.4 Å². The first-order valence-corrected chi connectivity index (χ1v) is 6.65. The fourth-order valence-corrected chi connectivity index (χ4v) is 1.95. The van der Waals surface area contributed by atoms with Crippen LogP contribution < -0.4 is 10.5 Å². The molecule has 1 heterocycles. The van der Waals surface area contributed by atoms with Crippen LogP contribution in [0.5, 0.6) is 11.6 Å². The van der Waals surface area contributed by atoms with Crippen LogP contribution in [0.25, 0.3) is 0 Å². The quantitative estimate of drug-likeness (QED) is 0.849. The van der Waals surface area contributed by atoms with E-state index in [0.29, 0.717) is 10.8 Å². The Bertz CT molecular complexity index is 664. The second-order valence-electron chi connectivity index (χ2n) is 3.78. The summed E-state index contributed by atoms with van der Waals surface area (Å²) in [6.07, 6.45) is 1.33. The van der Waals surface area contributed by atoms with Gasteiger partial charge < -0.3 is 15.2 Å². The SMILES string of the molecule is COC(=O)c1cc(Oc2cc(Br)ccc2Cl)ncc1N. The lowest BCUT2D eigenvalue weighted by Gasteiger charge is -2.09. The van der Waals surface area contributed by atoms with Gasteiger partial charge in [-0.2, -0.15) is 0 Å². The molecular weight excluding hydrogens is 348 g/mol. The van der Waals surface area contributed by atoms with Crippen molar-refractivity contribution in [3.8, 4) is 11.6 Å². The maximum absolute atomic E-state index is 11.5. The molecule has 0 unspecified atom stereocenters. The number of halogens is 2. The molecule has 7 heteroatoms. The maximum Gasteiger partial charge on any atom is 0.340 e. The Balaban J connectivity index is 2.34. The highest BCUT2D eigenvalue weighted by Gasteiger charge is 2.13. The maximum atomic E-state index is 11.5. The number of anilines is 1. The van der Waals surface area contributed by atoms with Crippen LogP contribution in [0, 0.1) is 0 Å². The van der Waals surface area contributed by atoms with E-state index < -0.39 is 5.97 Å². The van der Waals surface area contributed by atoms with Gasteiger partial charge in [-0.1, -0.05) is 27.5 Å². The highest BCUT2D eigenvalue weighted by atomic mass is 79.9. The van der Waals surface area contributed by atoms with E-state index >= 15 is 0 Å². The van der Waals surface area contributed by atoms with Crippen LogP contribution >= 0.6 is 27.5 Å². The molecule has 2 N–H and O–H groups in total. The molecule has 1 aromatic heterocycles. The highest BCUT2D eigenvalue weighted by Crippen LogP contribution is 2.32. The lowest BCUT2D eigenvalue weighted by atomic mass is 10.2. The van der Waals surface area contributed by atoms with E-state index in [-0.39, 0.29) is 17.1 Å². The van der Waals surface area contributed by atoms with Crippen molar-refractivity contribution in [2.45, 2.75) is 0 Å². The average Bonchev–Trinajstić information content (AvgIpc) is 2.44. The first-order chi connectivity index (χ1) is 9.51. The second kappa shape index (κ2) is 6.11. The summed E-state index contributed by atoms with van der Waals surface area (Å²) in [5, 5.41) is 0.423. The van der Waals surface area contributed by atoms with Gasteiger partial charge in [0.05, 0.1) is 29.6 Å². The Hall–Kier alpha value is -1.79. The number of esters is 1. The monoisotopic (exact) mass is 356 g/mol. The largest absolute Gasteiger partial charge is 0.465 e. The van der Waals surface area contributed by atoms with Crippen LogP contribution in [0.15, 0.2) is 34.9 Å². The number of nitrogens with two attached hydrogens (primary N) is 1. The molecule has 104 valence electrons. The Kier molecular flexibility index (Phi) is 4.46. The van der Waals surface area contributed by atoms with E-state index in [2.05, 4.69) is 25.7 Å². The topological polar surface area (TPSA) is 74.4 Å². The molecule has 0 radical (unpaired) electrons. The van der Waals surface area contributed by atoms with Crippen molar-refractivity contribution in [1.82, 2.24) is 4.98 Å². The summed E-state index contributed by atoms with van der Waals surface area (Å²) >= 11 is 9.33. The predicted molar refractivity (Wildman–Crippen MR) is 79.2 cm³/mol. The molecular formula is C13H10BrClN2O3. The molecule has 0 saturated carbocycles. The van der Waals surface area contributed by atoms with E-state index in [1.54, 1.807) is 18.2 Å². The third-order valence-electron chi connectivity index (χ3n) is 2.42. The lowest BCUT2D eigenvalue weighted by Crippen LogP contribution is -2.06. The van der Waals surface area contributed by atoms with Crippen LogP contribution in [0.3, 0.4) is 0 Å². The van der Waals surface area contributed by atoms with E-state index in [9.17, 15) is 4.79 Å². The molecule has 0 aliphatic carbocycles. The summed E-state index contributed by atoms with van der Waals surface area (Å²) in [7, 11) is 1.27. The fourth-order valence-electron chi connectivity index (χ4n) is 1.46. The number of ether oxygens (including phenoxy) is 2. The number of pyridine rings is 1. The number of benzene rings is 1. The van der Waals surface area contributed by atoms with E-state index in [1.165, 1.54) is 19.4 Å². The molecule has 0 aliphatic rings. The Labute approximate surface area is 128 Å². The minimum Gasteiger partial charge on any atom is -0.465 e. The smallest absolute Gasteiger partial charge is 0.340 e. The van der Waals surface area contributed by atoms with Crippen LogP contribution in [0.2, 0.25) is 5.02 Å². The molecule has 0 spiro atoms. The molecule has 0 atom stereocenters. The molecule has 20 heavy (non-hydrogen) atoms. The minimum absolute atomic E-state index is 0.184. The van der Waals surface area contributed by atoms with Crippen molar-refractivity contribution < 1.29 is 14.3 Å². The van der Waals surface area contributed by atoms with Crippen LogP contribution in [-0.4, -0.2) is 18.1 Å². The highest BCUT2D eigenvalue weighted by molar-refractivity contribution is 9.10. The third kappa shape index (κ3) is 3.20. The van der Waals surface area contributed by atoms with Gasteiger partial charge >= 0.3 is 5.97 Å². The molecule has 0 aliphatic heterocycles. The number of methoxy groups -OCH3 is 1. The summed E-state index contributed by atoms with van der Waals surface area (Å²) in [5.74, 6) is 0.0452. The summed E-state index contributed by atoms with van der Waals surface area (Å²) in [6, 6.07) is 6.56. The number of rotatable bonds is 3. The number of carbonyl (C=O) groups excluding carboxylic acids is 1. The zero-order chi connectivity index (χ0) is 14.7. The molecule has 1 aromatic carbocycles. The van der Waals surface area contributed by atoms with Crippen LogP contribution in [0.4, 0.5) is 5.69 Å². The van der Waals surface area contributed by atoms with Gasteiger partial charge in [0.25, 0.3) is 0 Å². The van der Waals surface area contributed by atoms with Crippen LogP contribution in [-0.2, 0) is 4.74 Å². The van der Waals surface area contributed by atoms with Gasteiger partial charge in [0.15, 0.2) is 0 Å². The number of aromatic nitrogens is 1. The third-order valence-corrected chi connectivity index (χ3v) is 3.23. The van der Waals surface area contributed by atoms with Crippen molar-refractivity contribution in [1.29, 1.82) is 0 Å². The number of nitrogen functional groups attached to an aromatic ring is 1. The lowest BCUT2D eigenvalue weighted by molar-refractivity contribution is 0.0601. The number of carbonyl (C=O) groups is 1. The molecule has 0 bridgehead atoms.